The largest absolute Gasteiger partial charge is 0.497 e. The highest BCUT2D eigenvalue weighted by Crippen LogP contribution is 2.10. The second kappa shape index (κ2) is 3.53. The summed E-state index contributed by atoms with van der Waals surface area (Å²) in [5, 5.41) is -0.454. The van der Waals surface area contributed by atoms with E-state index in [1.54, 1.807) is 4.98 Å². The molecule has 1 N–H and O–H groups in total. The molecule has 1 aromatic rings. The van der Waals surface area contributed by atoms with E-state index in [2.05, 4.69) is 0 Å². The molecule has 0 aliphatic rings. The molecule has 0 fully saturated rings. The zero-order valence-corrected chi connectivity index (χ0v) is 7.39. The summed E-state index contributed by atoms with van der Waals surface area (Å²) >= 11 is 5.25. The van der Waals surface area contributed by atoms with Crippen LogP contribution in [-0.4, -0.2) is 16.5 Å². The second-order valence-electron chi connectivity index (χ2n) is 2.60. The standard InChI is InChI=1S/C5H4BClF3N2O2/c7-3-1-12(2-6(8,9)10)5(14)11-4(3)13/h1H,2H2,(H,11,13,14)/q-1. The summed E-state index contributed by atoms with van der Waals surface area (Å²) < 4.78 is 36.1. The minimum atomic E-state index is -5.14. The van der Waals surface area contributed by atoms with Crippen LogP contribution < -0.4 is 11.2 Å². The maximum Gasteiger partial charge on any atom is 0.497 e. The van der Waals surface area contributed by atoms with Gasteiger partial charge in [0.1, 0.15) is 5.02 Å². The van der Waals surface area contributed by atoms with Crippen LogP contribution >= 0.6 is 11.6 Å². The lowest BCUT2D eigenvalue weighted by Gasteiger charge is -2.14. The zero-order valence-electron chi connectivity index (χ0n) is 6.64. The minimum Gasteiger partial charge on any atom is -0.448 e. The normalized spacial score (nSPS) is 11.7. The molecule has 0 spiro atoms. The van der Waals surface area contributed by atoms with Crippen LogP contribution in [0.2, 0.25) is 5.02 Å². The molecule has 0 saturated heterocycles. The van der Waals surface area contributed by atoms with Crippen molar-refractivity contribution < 1.29 is 12.9 Å². The highest BCUT2D eigenvalue weighted by atomic mass is 35.5. The van der Waals surface area contributed by atoms with E-state index in [4.69, 9.17) is 11.6 Å². The van der Waals surface area contributed by atoms with Crippen LogP contribution in [0.1, 0.15) is 0 Å². The summed E-state index contributed by atoms with van der Waals surface area (Å²) in [5.74, 6) is 0. The summed E-state index contributed by atoms with van der Waals surface area (Å²) in [6.45, 7) is -5.14. The van der Waals surface area contributed by atoms with Crippen molar-refractivity contribution >= 4 is 18.6 Å². The first-order valence-electron chi connectivity index (χ1n) is 3.50. The number of hydrogen-bond donors (Lipinski definition) is 1. The Kier molecular flexibility index (Phi) is 2.75. The fourth-order valence-corrected chi connectivity index (χ4v) is 1.01. The van der Waals surface area contributed by atoms with Gasteiger partial charge >= 0.3 is 12.7 Å². The third kappa shape index (κ3) is 2.66. The molecule has 0 aliphatic carbocycles. The van der Waals surface area contributed by atoms with Crippen LogP contribution in [0, 0.1) is 0 Å². The Bertz CT molecular complexity index is 452. The van der Waals surface area contributed by atoms with Crippen molar-refractivity contribution in [2.75, 3.05) is 0 Å². The molecular formula is C5H4BClF3N2O2-. The van der Waals surface area contributed by atoms with Crippen LogP contribution in [0.3, 0.4) is 0 Å². The van der Waals surface area contributed by atoms with Crippen LogP contribution in [0.4, 0.5) is 12.9 Å². The molecule has 0 amide bonds. The van der Waals surface area contributed by atoms with Crippen molar-refractivity contribution in [3.8, 4) is 0 Å². The van der Waals surface area contributed by atoms with Crippen molar-refractivity contribution in [1.29, 1.82) is 0 Å². The van der Waals surface area contributed by atoms with E-state index in [-0.39, 0.29) is 0 Å². The van der Waals surface area contributed by atoms with E-state index in [1.807, 2.05) is 0 Å². The SMILES string of the molecule is O=c1[nH]c(=O)n(C[B-](F)(F)F)cc1Cl. The van der Waals surface area contributed by atoms with Gasteiger partial charge in [0.25, 0.3) is 5.56 Å². The molecule has 1 rings (SSSR count). The summed E-state index contributed by atoms with van der Waals surface area (Å²) in [7, 11) is 0. The quantitative estimate of drug-likeness (QED) is 0.751. The van der Waals surface area contributed by atoms with Gasteiger partial charge in [-0.25, -0.2) is 4.79 Å². The van der Waals surface area contributed by atoms with E-state index in [0.29, 0.717) is 10.8 Å². The molecule has 9 heteroatoms. The topological polar surface area (TPSA) is 54.9 Å². The molecule has 0 saturated carbocycles. The molecule has 0 unspecified atom stereocenters. The predicted molar refractivity (Wildman–Crippen MR) is 45.4 cm³/mol. The van der Waals surface area contributed by atoms with Gasteiger partial charge in [0.2, 0.25) is 0 Å². The van der Waals surface area contributed by atoms with Crippen molar-refractivity contribution in [1.82, 2.24) is 9.55 Å². The molecule has 4 nitrogen and oxygen atoms in total. The van der Waals surface area contributed by atoms with Crippen LogP contribution in [0.15, 0.2) is 15.8 Å². The van der Waals surface area contributed by atoms with Gasteiger partial charge in [-0.1, -0.05) is 11.6 Å². The average Bonchev–Trinajstić information content (AvgIpc) is 1.97. The first-order chi connectivity index (χ1) is 6.29. The monoisotopic (exact) mass is 227 g/mol. The lowest BCUT2D eigenvalue weighted by atomic mass is 9.92. The number of nitrogens with one attached hydrogen (secondary N) is 1. The average molecular weight is 227 g/mol. The number of rotatable bonds is 2. The number of nitrogens with zero attached hydrogens (tertiary/aromatic N) is 1. The van der Waals surface area contributed by atoms with Crippen LogP contribution in [0.25, 0.3) is 0 Å². The minimum absolute atomic E-state index is 0.309. The molecule has 0 aromatic carbocycles. The van der Waals surface area contributed by atoms with E-state index < -0.39 is 29.7 Å². The zero-order chi connectivity index (χ0) is 10.9. The van der Waals surface area contributed by atoms with Gasteiger partial charge in [-0.3, -0.25) is 9.78 Å². The van der Waals surface area contributed by atoms with Crippen molar-refractivity contribution in [3.63, 3.8) is 0 Å². The molecular weight excluding hydrogens is 223 g/mol. The van der Waals surface area contributed by atoms with E-state index in [1.165, 1.54) is 0 Å². The van der Waals surface area contributed by atoms with Gasteiger partial charge < -0.3 is 17.5 Å². The lowest BCUT2D eigenvalue weighted by molar-refractivity contribution is 0.441. The van der Waals surface area contributed by atoms with E-state index in [0.717, 1.165) is 0 Å². The highest BCUT2D eigenvalue weighted by molar-refractivity contribution is 6.57. The molecule has 1 aromatic heterocycles. The van der Waals surface area contributed by atoms with Gasteiger partial charge in [-0.15, -0.1) is 0 Å². The Balaban J connectivity index is 3.18. The predicted octanol–water partition coefficient (Wildman–Crippen LogP) is 0.577. The Labute approximate surface area is 80.4 Å². The first-order valence-corrected chi connectivity index (χ1v) is 3.87. The number of halogens is 4. The lowest BCUT2D eigenvalue weighted by Crippen LogP contribution is -2.36. The summed E-state index contributed by atoms with van der Waals surface area (Å²) in [6.07, 6.45) is -0.757. The van der Waals surface area contributed by atoms with Gasteiger partial charge in [-0.2, -0.15) is 0 Å². The Morgan fingerprint density at radius 2 is 2.00 bits per heavy atom. The molecule has 14 heavy (non-hydrogen) atoms. The smallest absolute Gasteiger partial charge is 0.448 e. The second-order valence-corrected chi connectivity index (χ2v) is 3.01. The Hall–Kier alpha value is -1.18. The third-order valence-corrected chi connectivity index (χ3v) is 1.64. The maximum atomic E-state index is 11.9. The number of aromatic nitrogens is 2. The molecule has 0 radical (unpaired) electrons. The maximum absolute atomic E-state index is 11.9. The van der Waals surface area contributed by atoms with Crippen molar-refractivity contribution in [2.45, 2.75) is 6.44 Å². The van der Waals surface area contributed by atoms with Crippen molar-refractivity contribution in [3.05, 3.63) is 32.1 Å². The molecule has 0 atom stereocenters. The molecule has 78 valence electrons. The summed E-state index contributed by atoms with van der Waals surface area (Å²) in [6, 6.07) is 0. The fourth-order valence-electron chi connectivity index (χ4n) is 0.841. The fraction of sp³-hybridized carbons (Fsp3) is 0.200. The molecule has 0 aliphatic heterocycles. The number of H-pyrrole nitrogens is 1. The summed E-state index contributed by atoms with van der Waals surface area (Å²) in [4.78, 5) is 23.2. The van der Waals surface area contributed by atoms with Crippen LogP contribution in [0.5, 0.6) is 0 Å². The number of aromatic amines is 1. The summed E-state index contributed by atoms with van der Waals surface area (Å²) in [5.41, 5.74) is -2.03. The third-order valence-electron chi connectivity index (χ3n) is 1.37. The Morgan fingerprint density at radius 1 is 1.43 bits per heavy atom. The van der Waals surface area contributed by atoms with Gasteiger partial charge in [0.05, 0.1) is 0 Å². The van der Waals surface area contributed by atoms with Gasteiger partial charge in [0.15, 0.2) is 0 Å². The Morgan fingerprint density at radius 3 is 2.50 bits per heavy atom. The molecule has 0 bridgehead atoms. The highest BCUT2D eigenvalue weighted by Gasteiger charge is 2.24. The van der Waals surface area contributed by atoms with Crippen molar-refractivity contribution in [2.24, 2.45) is 0 Å². The molecule has 1 heterocycles. The van der Waals surface area contributed by atoms with E-state index >= 15 is 0 Å². The van der Waals surface area contributed by atoms with E-state index in [9.17, 15) is 22.5 Å². The number of hydrogen-bond acceptors (Lipinski definition) is 2. The van der Waals surface area contributed by atoms with Gasteiger partial charge in [0, 0.05) is 6.20 Å². The first kappa shape index (κ1) is 10.9. The van der Waals surface area contributed by atoms with Gasteiger partial charge in [-0.05, 0) is 6.44 Å². The van der Waals surface area contributed by atoms with Crippen LogP contribution in [-0.2, 0) is 6.44 Å².